The molecule has 9 nitrogen and oxygen atoms in total. The first-order valence-corrected chi connectivity index (χ1v) is 12.7. The summed E-state index contributed by atoms with van der Waals surface area (Å²) in [6, 6.07) is 13.3. The zero-order valence-corrected chi connectivity index (χ0v) is 20.1. The van der Waals surface area contributed by atoms with Gasteiger partial charge in [-0.1, -0.05) is 37.3 Å². The van der Waals surface area contributed by atoms with Gasteiger partial charge in [0.1, 0.15) is 11.6 Å². The van der Waals surface area contributed by atoms with E-state index in [-0.39, 0.29) is 11.7 Å². The number of nitrogens with zero attached hydrogens (tertiary/aromatic N) is 4. The predicted octanol–water partition coefficient (Wildman–Crippen LogP) is 3.01. The molecular weight excluding hydrogens is 440 g/mol. The molecule has 1 fully saturated rings. The number of aromatic nitrogens is 3. The summed E-state index contributed by atoms with van der Waals surface area (Å²) in [7, 11) is -2.03. The molecule has 1 aliphatic carbocycles. The van der Waals surface area contributed by atoms with Gasteiger partial charge in [0.05, 0.1) is 11.8 Å². The van der Waals surface area contributed by atoms with Crippen molar-refractivity contribution < 1.29 is 12.8 Å². The number of hydrogen-bond donors (Lipinski definition) is 2. The third-order valence-electron chi connectivity index (χ3n) is 6.03. The van der Waals surface area contributed by atoms with Crippen LogP contribution in [-0.4, -0.2) is 43.4 Å². The van der Waals surface area contributed by atoms with Gasteiger partial charge in [0.15, 0.2) is 0 Å². The molecular formula is C23H30N6O3S. The summed E-state index contributed by atoms with van der Waals surface area (Å²) in [6.07, 6.45) is 2.83. The molecule has 0 aliphatic heterocycles. The Morgan fingerprint density at radius 2 is 1.94 bits per heavy atom. The third-order valence-corrected chi connectivity index (χ3v) is 7.21. The van der Waals surface area contributed by atoms with Crippen LogP contribution in [0.3, 0.4) is 0 Å². The van der Waals surface area contributed by atoms with Crippen molar-refractivity contribution in [1.29, 1.82) is 0 Å². The van der Waals surface area contributed by atoms with Crippen molar-refractivity contribution in [1.82, 2.24) is 15.2 Å². The molecule has 0 radical (unpaired) electrons. The number of pyridine rings is 1. The topological polar surface area (TPSA) is 127 Å². The molecule has 1 saturated carbocycles. The highest BCUT2D eigenvalue weighted by atomic mass is 32.2. The van der Waals surface area contributed by atoms with E-state index >= 15 is 0 Å². The lowest BCUT2D eigenvalue weighted by atomic mass is 9.94. The molecule has 33 heavy (non-hydrogen) atoms. The molecule has 176 valence electrons. The van der Waals surface area contributed by atoms with E-state index in [2.05, 4.69) is 27.4 Å². The van der Waals surface area contributed by atoms with Gasteiger partial charge in [-0.2, -0.15) is 0 Å². The Labute approximate surface area is 194 Å². The van der Waals surface area contributed by atoms with Crippen molar-refractivity contribution in [3.05, 3.63) is 53.9 Å². The molecule has 0 bridgehead atoms. The molecule has 2 aromatic heterocycles. The number of nitrogens with one attached hydrogen (secondary N) is 1. The van der Waals surface area contributed by atoms with Gasteiger partial charge in [-0.25, -0.2) is 13.4 Å². The van der Waals surface area contributed by atoms with Gasteiger partial charge in [-0.05, 0) is 49.3 Å². The lowest BCUT2D eigenvalue weighted by molar-refractivity contribution is 0.355. The number of benzene rings is 1. The first-order valence-electron chi connectivity index (χ1n) is 10.9. The molecule has 1 aliphatic rings. The van der Waals surface area contributed by atoms with E-state index in [0.717, 1.165) is 22.7 Å². The molecule has 0 saturated heterocycles. The van der Waals surface area contributed by atoms with Crippen LogP contribution in [0, 0.1) is 11.8 Å². The Kier molecular flexibility index (Phi) is 6.15. The number of nitrogens with two attached hydrogens (primary N) is 1. The fourth-order valence-electron chi connectivity index (χ4n) is 3.65. The molecule has 4 rings (SSSR count). The molecule has 3 N–H and O–H groups in total. The van der Waals surface area contributed by atoms with E-state index in [9.17, 15) is 8.42 Å². The molecule has 10 heteroatoms. The number of sulfonamides is 1. The van der Waals surface area contributed by atoms with E-state index < -0.39 is 15.6 Å². The zero-order chi connectivity index (χ0) is 23.8. The van der Waals surface area contributed by atoms with Crippen LogP contribution in [0.5, 0.6) is 0 Å². The predicted molar refractivity (Wildman–Crippen MR) is 128 cm³/mol. The highest BCUT2D eigenvalue weighted by Crippen LogP contribution is 2.38. The zero-order valence-electron chi connectivity index (χ0n) is 19.3. The van der Waals surface area contributed by atoms with E-state index in [1.165, 1.54) is 13.5 Å². The molecule has 3 atom stereocenters. The van der Waals surface area contributed by atoms with Crippen LogP contribution in [0.1, 0.15) is 31.7 Å². The summed E-state index contributed by atoms with van der Waals surface area (Å²) in [5.74, 6) is 2.65. The SMILES string of the molecule is CC1CC1CNc1cc(-c2nnc(C(C)(N)Cc3ccccc3)o2)cc(N(C)S(C)(=O)=O)n1. The second-order valence-corrected chi connectivity index (χ2v) is 11.2. The highest BCUT2D eigenvalue weighted by Gasteiger charge is 2.32. The molecule has 3 aromatic rings. The minimum atomic E-state index is -3.50. The van der Waals surface area contributed by atoms with Crippen LogP contribution >= 0.6 is 0 Å². The fourth-order valence-corrected chi connectivity index (χ4v) is 4.08. The fraction of sp³-hybridized carbons (Fsp3) is 0.435. The normalized spacial score (nSPS) is 19.7. The summed E-state index contributed by atoms with van der Waals surface area (Å²) in [5.41, 5.74) is 7.28. The third kappa shape index (κ3) is 5.51. The van der Waals surface area contributed by atoms with Gasteiger partial charge >= 0.3 is 0 Å². The van der Waals surface area contributed by atoms with Gasteiger partial charge in [-0.15, -0.1) is 10.2 Å². The van der Waals surface area contributed by atoms with Crippen molar-refractivity contribution in [2.75, 3.05) is 29.5 Å². The average molecular weight is 471 g/mol. The van der Waals surface area contributed by atoms with Gasteiger partial charge < -0.3 is 15.5 Å². The summed E-state index contributed by atoms with van der Waals surface area (Å²) in [6.45, 7) is 4.82. The van der Waals surface area contributed by atoms with Crippen molar-refractivity contribution in [3.8, 4) is 11.5 Å². The first kappa shape index (κ1) is 23.2. The van der Waals surface area contributed by atoms with Crippen LogP contribution in [0.15, 0.2) is 46.9 Å². The van der Waals surface area contributed by atoms with Gasteiger partial charge in [-0.3, -0.25) is 4.31 Å². The van der Waals surface area contributed by atoms with E-state index in [1.807, 2.05) is 37.3 Å². The summed E-state index contributed by atoms with van der Waals surface area (Å²) in [5, 5.41) is 11.7. The van der Waals surface area contributed by atoms with Gasteiger partial charge in [0.2, 0.25) is 21.8 Å². The minimum absolute atomic E-state index is 0.253. The highest BCUT2D eigenvalue weighted by molar-refractivity contribution is 7.92. The van der Waals surface area contributed by atoms with Crippen molar-refractivity contribution in [2.24, 2.45) is 17.6 Å². The van der Waals surface area contributed by atoms with E-state index in [0.29, 0.717) is 35.5 Å². The largest absolute Gasteiger partial charge is 0.419 e. The second-order valence-electron chi connectivity index (χ2n) is 9.18. The Morgan fingerprint density at radius 3 is 2.58 bits per heavy atom. The summed E-state index contributed by atoms with van der Waals surface area (Å²) < 4.78 is 31.3. The maximum atomic E-state index is 12.1. The number of rotatable bonds is 9. The van der Waals surface area contributed by atoms with Crippen LogP contribution in [-0.2, 0) is 22.0 Å². The lowest BCUT2D eigenvalue weighted by Crippen LogP contribution is -2.35. The Bertz CT molecular complexity index is 1230. The first-order chi connectivity index (χ1) is 15.5. The van der Waals surface area contributed by atoms with Crippen LogP contribution < -0.4 is 15.4 Å². The van der Waals surface area contributed by atoms with Crippen molar-refractivity contribution >= 4 is 21.7 Å². The molecule has 0 spiro atoms. The monoisotopic (exact) mass is 470 g/mol. The maximum Gasteiger partial charge on any atom is 0.248 e. The second kappa shape index (κ2) is 8.75. The number of hydrogen-bond acceptors (Lipinski definition) is 8. The number of anilines is 2. The lowest BCUT2D eigenvalue weighted by Gasteiger charge is -2.20. The Balaban J connectivity index is 1.63. The molecule has 1 aromatic carbocycles. The smallest absolute Gasteiger partial charge is 0.248 e. The van der Waals surface area contributed by atoms with Crippen molar-refractivity contribution in [3.63, 3.8) is 0 Å². The Morgan fingerprint density at radius 1 is 1.24 bits per heavy atom. The minimum Gasteiger partial charge on any atom is -0.419 e. The Hall–Kier alpha value is -2.98. The summed E-state index contributed by atoms with van der Waals surface area (Å²) >= 11 is 0. The molecule has 0 amide bonds. The van der Waals surface area contributed by atoms with Crippen LogP contribution in [0.25, 0.3) is 11.5 Å². The van der Waals surface area contributed by atoms with Gasteiger partial charge in [0.25, 0.3) is 0 Å². The quantitative estimate of drug-likeness (QED) is 0.489. The van der Waals surface area contributed by atoms with E-state index in [4.69, 9.17) is 10.2 Å². The van der Waals surface area contributed by atoms with E-state index in [1.54, 1.807) is 12.1 Å². The van der Waals surface area contributed by atoms with Crippen LogP contribution in [0.2, 0.25) is 0 Å². The molecule has 2 heterocycles. The molecule has 3 unspecified atom stereocenters. The van der Waals surface area contributed by atoms with Crippen molar-refractivity contribution in [2.45, 2.75) is 32.2 Å². The van der Waals surface area contributed by atoms with Crippen LogP contribution in [0.4, 0.5) is 11.6 Å². The summed E-state index contributed by atoms with van der Waals surface area (Å²) in [4.78, 5) is 4.48. The van der Waals surface area contributed by atoms with Gasteiger partial charge in [0, 0.05) is 19.2 Å². The standard InChI is InChI=1S/C23H30N6O3S/c1-15-10-18(15)14-25-19-11-17(12-20(26-19)29(3)33(4,30)31)21-27-28-22(32-21)23(2,24)13-16-8-6-5-7-9-16/h5-9,11-12,15,18H,10,13-14,24H2,1-4H3,(H,25,26). The maximum absolute atomic E-state index is 12.1. The average Bonchev–Trinajstić information content (AvgIpc) is 3.23.